The molecule has 2 N–H and O–H groups in total. The molecular weight excluding hydrogens is 354 g/mol. The summed E-state index contributed by atoms with van der Waals surface area (Å²) < 4.78 is 5.36. The highest BCUT2D eigenvalue weighted by Crippen LogP contribution is 2.18. The number of rotatable bonds is 8. The van der Waals surface area contributed by atoms with Crippen molar-refractivity contribution in [2.24, 2.45) is 5.92 Å². The van der Waals surface area contributed by atoms with Crippen molar-refractivity contribution in [3.05, 3.63) is 11.6 Å². The van der Waals surface area contributed by atoms with E-state index in [2.05, 4.69) is 15.6 Å². The lowest BCUT2D eigenvalue weighted by Gasteiger charge is -2.27. The van der Waals surface area contributed by atoms with Crippen LogP contribution in [0.3, 0.4) is 0 Å². The number of carbonyl (C=O) groups excluding carboxylic acids is 3. The Kier molecular flexibility index (Phi) is 8.03. The van der Waals surface area contributed by atoms with E-state index < -0.39 is 12.1 Å². The SMILES string of the molecule is CC(C)[C@H](OC(=O)CCC(=O)Nc1nccs1)C(=O)NC1CCCCC1. The average molecular weight is 381 g/mol. The standard InChI is InChI=1S/C18H27N3O4S/c1-12(2)16(17(24)20-13-6-4-3-5-7-13)25-15(23)9-8-14(22)21-18-19-10-11-26-18/h10-13,16H,3-9H2,1-2H3,(H,20,24)(H,19,21,22)/t16-/m0/s1. The number of hydrogen-bond acceptors (Lipinski definition) is 6. The third-order valence-electron chi connectivity index (χ3n) is 4.31. The number of aromatic nitrogens is 1. The Balaban J connectivity index is 1.77. The number of amides is 2. The van der Waals surface area contributed by atoms with E-state index in [1.54, 1.807) is 11.6 Å². The highest BCUT2D eigenvalue weighted by molar-refractivity contribution is 7.13. The molecule has 1 aromatic rings. The Morgan fingerprint density at radius 1 is 1.23 bits per heavy atom. The smallest absolute Gasteiger partial charge is 0.307 e. The number of esters is 1. The van der Waals surface area contributed by atoms with Crippen LogP contribution >= 0.6 is 11.3 Å². The topological polar surface area (TPSA) is 97.4 Å². The van der Waals surface area contributed by atoms with Gasteiger partial charge < -0.3 is 15.4 Å². The summed E-state index contributed by atoms with van der Waals surface area (Å²) in [6, 6.07) is 0.167. The molecule has 8 heteroatoms. The molecule has 2 amide bonds. The van der Waals surface area contributed by atoms with Crippen LogP contribution in [0.25, 0.3) is 0 Å². The maximum Gasteiger partial charge on any atom is 0.307 e. The van der Waals surface area contributed by atoms with E-state index in [1.807, 2.05) is 13.8 Å². The van der Waals surface area contributed by atoms with E-state index in [9.17, 15) is 14.4 Å². The van der Waals surface area contributed by atoms with Crippen LogP contribution in [0, 0.1) is 5.92 Å². The summed E-state index contributed by atoms with van der Waals surface area (Å²) in [6.07, 6.45) is 6.07. The van der Waals surface area contributed by atoms with Crippen LogP contribution < -0.4 is 10.6 Å². The van der Waals surface area contributed by atoms with Gasteiger partial charge in [0.15, 0.2) is 11.2 Å². The van der Waals surface area contributed by atoms with Gasteiger partial charge in [0, 0.05) is 24.0 Å². The molecule has 0 aliphatic heterocycles. The molecule has 26 heavy (non-hydrogen) atoms. The van der Waals surface area contributed by atoms with E-state index in [4.69, 9.17) is 4.74 Å². The Hall–Kier alpha value is -1.96. The minimum atomic E-state index is -0.827. The molecule has 1 heterocycles. The van der Waals surface area contributed by atoms with Crippen molar-refractivity contribution in [1.82, 2.24) is 10.3 Å². The minimum absolute atomic E-state index is 0.00648. The van der Waals surface area contributed by atoms with Crippen molar-refractivity contribution >= 4 is 34.3 Å². The van der Waals surface area contributed by atoms with Gasteiger partial charge in [-0.05, 0) is 18.8 Å². The number of hydrogen-bond donors (Lipinski definition) is 2. The second-order valence-electron chi connectivity index (χ2n) is 6.88. The van der Waals surface area contributed by atoms with E-state index in [0.29, 0.717) is 5.13 Å². The fourth-order valence-electron chi connectivity index (χ4n) is 2.91. The summed E-state index contributed by atoms with van der Waals surface area (Å²) >= 11 is 1.31. The molecular formula is C18H27N3O4S. The molecule has 144 valence electrons. The van der Waals surface area contributed by atoms with Gasteiger partial charge in [-0.15, -0.1) is 11.3 Å². The molecule has 1 atom stereocenters. The van der Waals surface area contributed by atoms with Gasteiger partial charge in [-0.2, -0.15) is 0 Å². The van der Waals surface area contributed by atoms with Crippen molar-refractivity contribution in [1.29, 1.82) is 0 Å². The molecule has 1 aliphatic rings. The first-order valence-corrected chi connectivity index (χ1v) is 10.0. The van der Waals surface area contributed by atoms with Gasteiger partial charge in [0.1, 0.15) is 0 Å². The Labute approximate surface area is 157 Å². The molecule has 0 unspecified atom stereocenters. The number of carbonyl (C=O) groups is 3. The highest BCUT2D eigenvalue weighted by Gasteiger charge is 2.28. The first-order chi connectivity index (χ1) is 12.5. The number of thiazole rings is 1. The summed E-state index contributed by atoms with van der Waals surface area (Å²) in [5.74, 6) is -1.22. The maximum absolute atomic E-state index is 12.5. The fourth-order valence-corrected chi connectivity index (χ4v) is 3.45. The lowest BCUT2D eigenvalue weighted by atomic mass is 9.95. The van der Waals surface area contributed by atoms with E-state index in [0.717, 1.165) is 25.7 Å². The highest BCUT2D eigenvalue weighted by atomic mass is 32.1. The van der Waals surface area contributed by atoms with Crippen molar-refractivity contribution in [2.75, 3.05) is 5.32 Å². The van der Waals surface area contributed by atoms with Crippen LogP contribution in [0.2, 0.25) is 0 Å². The number of ether oxygens (including phenoxy) is 1. The Bertz CT molecular complexity index is 598. The molecule has 2 rings (SSSR count). The van der Waals surface area contributed by atoms with Crippen LogP contribution in [0.4, 0.5) is 5.13 Å². The molecule has 7 nitrogen and oxygen atoms in total. The summed E-state index contributed by atoms with van der Waals surface area (Å²) in [4.78, 5) is 40.3. The number of nitrogens with zero attached hydrogens (tertiary/aromatic N) is 1. The average Bonchev–Trinajstić information content (AvgIpc) is 3.11. The zero-order valence-electron chi connectivity index (χ0n) is 15.3. The predicted molar refractivity (Wildman–Crippen MR) is 99.7 cm³/mol. The van der Waals surface area contributed by atoms with Gasteiger partial charge in [0.2, 0.25) is 5.91 Å². The molecule has 0 spiro atoms. The van der Waals surface area contributed by atoms with Crippen molar-refractivity contribution in [3.63, 3.8) is 0 Å². The van der Waals surface area contributed by atoms with Gasteiger partial charge in [-0.3, -0.25) is 14.4 Å². The molecule has 0 bridgehead atoms. The van der Waals surface area contributed by atoms with E-state index in [1.165, 1.54) is 17.8 Å². The number of nitrogens with one attached hydrogen (secondary N) is 2. The number of anilines is 1. The lowest BCUT2D eigenvalue weighted by Crippen LogP contribution is -2.46. The lowest BCUT2D eigenvalue weighted by molar-refractivity contribution is -0.159. The van der Waals surface area contributed by atoms with E-state index in [-0.39, 0.29) is 36.6 Å². The Morgan fingerprint density at radius 2 is 1.96 bits per heavy atom. The van der Waals surface area contributed by atoms with Crippen molar-refractivity contribution in [2.45, 2.75) is 70.9 Å². The van der Waals surface area contributed by atoms with Crippen molar-refractivity contribution in [3.8, 4) is 0 Å². The molecule has 1 fully saturated rings. The molecule has 1 saturated carbocycles. The molecule has 0 aromatic carbocycles. The van der Waals surface area contributed by atoms with Crippen LogP contribution in [-0.4, -0.2) is 34.9 Å². The van der Waals surface area contributed by atoms with Crippen LogP contribution in [0.15, 0.2) is 11.6 Å². The minimum Gasteiger partial charge on any atom is -0.452 e. The largest absolute Gasteiger partial charge is 0.452 e. The first kappa shape index (κ1) is 20.4. The van der Waals surface area contributed by atoms with Crippen LogP contribution in [-0.2, 0) is 19.1 Å². The maximum atomic E-state index is 12.5. The molecule has 0 radical (unpaired) electrons. The normalized spacial score (nSPS) is 16.1. The van der Waals surface area contributed by atoms with Crippen LogP contribution in [0.1, 0.15) is 58.8 Å². The molecule has 1 aliphatic carbocycles. The third kappa shape index (κ3) is 6.74. The summed E-state index contributed by atoms with van der Waals surface area (Å²) in [5.41, 5.74) is 0. The molecule has 0 saturated heterocycles. The fraction of sp³-hybridized carbons (Fsp3) is 0.667. The summed E-state index contributed by atoms with van der Waals surface area (Å²) in [6.45, 7) is 3.68. The second kappa shape index (κ2) is 10.3. The Morgan fingerprint density at radius 3 is 2.58 bits per heavy atom. The van der Waals surface area contributed by atoms with Crippen LogP contribution in [0.5, 0.6) is 0 Å². The van der Waals surface area contributed by atoms with Gasteiger partial charge in [-0.1, -0.05) is 33.1 Å². The monoisotopic (exact) mass is 381 g/mol. The van der Waals surface area contributed by atoms with Gasteiger partial charge in [-0.25, -0.2) is 4.98 Å². The second-order valence-corrected chi connectivity index (χ2v) is 7.78. The van der Waals surface area contributed by atoms with Gasteiger partial charge in [0.25, 0.3) is 5.91 Å². The third-order valence-corrected chi connectivity index (χ3v) is 5.00. The quantitative estimate of drug-likeness (QED) is 0.675. The first-order valence-electron chi connectivity index (χ1n) is 9.15. The van der Waals surface area contributed by atoms with Gasteiger partial charge >= 0.3 is 5.97 Å². The predicted octanol–water partition coefficient (Wildman–Crippen LogP) is 2.88. The zero-order valence-corrected chi connectivity index (χ0v) is 16.1. The molecule has 1 aromatic heterocycles. The summed E-state index contributed by atoms with van der Waals surface area (Å²) in [5, 5.41) is 7.86. The van der Waals surface area contributed by atoms with Gasteiger partial charge in [0.05, 0.1) is 6.42 Å². The van der Waals surface area contributed by atoms with E-state index >= 15 is 0 Å². The zero-order chi connectivity index (χ0) is 18.9. The summed E-state index contributed by atoms with van der Waals surface area (Å²) in [7, 11) is 0. The van der Waals surface area contributed by atoms with Crippen molar-refractivity contribution < 1.29 is 19.1 Å².